The molecule has 94 valence electrons. The third-order valence-corrected chi connectivity index (χ3v) is 3.88. The Labute approximate surface area is 92.1 Å². The Morgan fingerprint density at radius 3 is 1.44 bits per heavy atom. The van der Waals surface area contributed by atoms with Gasteiger partial charge in [-0.2, -0.15) is 0 Å². The highest BCUT2D eigenvalue weighted by molar-refractivity contribution is 5.13. The second kappa shape index (κ2) is 3.61. The average Bonchev–Trinajstić information content (AvgIpc) is 2.12. The van der Waals surface area contributed by atoms with Crippen molar-refractivity contribution in [2.45, 2.75) is 61.4 Å². The highest BCUT2D eigenvalue weighted by Gasteiger charge is 2.62. The van der Waals surface area contributed by atoms with Gasteiger partial charge in [-0.05, 0) is 0 Å². The SMILES string of the molecule is OC1CC2(O)CC(O)C(O)CC2(F)CC1O. The van der Waals surface area contributed by atoms with Crippen LogP contribution in [0.25, 0.3) is 0 Å². The third-order valence-electron chi connectivity index (χ3n) is 3.88. The molecule has 2 aliphatic rings. The van der Waals surface area contributed by atoms with Crippen molar-refractivity contribution in [3.05, 3.63) is 0 Å². The molecule has 0 aromatic carbocycles. The van der Waals surface area contributed by atoms with Crippen LogP contribution in [0.5, 0.6) is 0 Å². The predicted molar refractivity (Wildman–Crippen MR) is 51.3 cm³/mol. The standard InChI is InChI=1S/C10H17FO5/c11-9-1-5(12)7(14)3-10(9,16)4-8(15)6(13)2-9/h5-8,12-16H,1-4H2. The maximum absolute atomic E-state index is 14.5. The van der Waals surface area contributed by atoms with E-state index in [2.05, 4.69) is 0 Å². The fraction of sp³-hybridized carbons (Fsp3) is 1.00. The Kier molecular flexibility index (Phi) is 2.75. The van der Waals surface area contributed by atoms with Crippen LogP contribution in [0, 0.1) is 0 Å². The van der Waals surface area contributed by atoms with Crippen LogP contribution in [-0.4, -0.2) is 61.2 Å². The Morgan fingerprint density at radius 2 is 1.06 bits per heavy atom. The monoisotopic (exact) mass is 236 g/mol. The van der Waals surface area contributed by atoms with Crippen LogP contribution in [0.15, 0.2) is 0 Å². The van der Waals surface area contributed by atoms with Gasteiger partial charge in [0.15, 0.2) is 0 Å². The summed E-state index contributed by atoms with van der Waals surface area (Å²) in [5.41, 5.74) is -4.02. The number of hydrogen-bond acceptors (Lipinski definition) is 5. The molecule has 16 heavy (non-hydrogen) atoms. The second-order valence-corrected chi connectivity index (χ2v) is 5.08. The van der Waals surface area contributed by atoms with Gasteiger partial charge in [0.1, 0.15) is 11.3 Å². The molecule has 5 N–H and O–H groups in total. The molecule has 0 heterocycles. The molecule has 5 nitrogen and oxygen atoms in total. The van der Waals surface area contributed by atoms with Crippen molar-refractivity contribution in [3.8, 4) is 0 Å². The summed E-state index contributed by atoms with van der Waals surface area (Å²) in [6, 6.07) is 0. The van der Waals surface area contributed by atoms with Crippen molar-refractivity contribution in [1.82, 2.24) is 0 Å². The third kappa shape index (κ3) is 1.65. The highest BCUT2D eigenvalue weighted by Crippen LogP contribution is 2.49. The maximum Gasteiger partial charge on any atom is 0.144 e. The molecule has 2 fully saturated rings. The summed E-state index contributed by atoms with van der Waals surface area (Å²) in [7, 11) is 0. The molecular weight excluding hydrogens is 219 g/mol. The number of aliphatic hydroxyl groups is 5. The lowest BCUT2D eigenvalue weighted by Gasteiger charge is -2.53. The van der Waals surface area contributed by atoms with E-state index >= 15 is 0 Å². The van der Waals surface area contributed by atoms with Crippen molar-refractivity contribution >= 4 is 0 Å². The van der Waals surface area contributed by atoms with E-state index in [0.29, 0.717) is 0 Å². The molecular formula is C10H17FO5. The molecule has 0 bridgehead atoms. The predicted octanol–water partition coefficient (Wildman–Crippen LogP) is -1.54. The van der Waals surface area contributed by atoms with Crippen LogP contribution in [0.3, 0.4) is 0 Å². The molecule has 0 aliphatic heterocycles. The lowest BCUT2D eigenvalue weighted by Crippen LogP contribution is -2.66. The zero-order chi connectivity index (χ0) is 12.1. The van der Waals surface area contributed by atoms with Crippen LogP contribution in [0.4, 0.5) is 4.39 Å². The zero-order valence-electron chi connectivity index (χ0n) is 8.75. The fourth-order valence-corrected chi connectivity index (χ4v) is 2.81. The number of alkyl halides is 1. The minimum absolute atomic E-state index is 0.325. The van der Waals surface area contributed by atoms with Crippen LogP contribution < -0.4 is 0 Å². The van der Waals surface area contributed by atoms with Crippen molar-refractivity contribution in [2.75, 3.05) is 0 Å². The smallest absolute Gasteiger partial charge is 0.144 e. The molecule has 4 unspecified atom stereocenters. The van der Waals surface area contributed by atoms with Gasteiger partial charge in [0.25, 0.3) is 0 Å². The molecule has 0 aromatic rings. The number of fused-ring (bicyclic) bond motifs is 1. The first-order valence-corrected chi connectivity index (χ1v) is 5.41. The first-order valence-electron chi connectivity index (χ1n) is 5.41. The van der Waals surface area contributed by atoms with E-state index in [0.717, 1.165) is 0 Å². The largest absolute Gasteiger partial charge is 0.390 e. The summed E-state index contributed by atoms with van der Waals surface area (Å²) in [5.74, 6) is 0. The molecule has 2 aliphatic carbocycles. The first kappa shape index (κ1) is 12.2. The van der Waals surface area contributed by atoms with Crippen LogP contribution in [0.1, 0.15) is 25.7 Å². The van der Waals surface area contributed by atoms with Gasteiger partial charge in [0, 0.05) is 25.7 Å². The molecule has 0 spiro atoms. The van der Waals surface area contributed by atoms with Crippen LogP contribution >= 0.6 is 0 Å². The lowest BCUT2D eigenvalue weighted by atomic mass is 9.62. The van der Waals surface area contributed by atoms with Crippen LogP contribution in [-0.2, 0) is 0 Å². The van der Waals surface area contributed by atoms with Crippen molar-refractivity contribution < 1.29 is 29.9 Å². The highest BCUT2D eigenvalue weighted by atomic mass is 19.1. The molecule has 0 radical (unpaired) electrons. The van der Waals surface area contributed by atoms with Crippen molar-refractivity contribution in [1.29, 1.82) is 0 Å². The summed E-state index contributed by atoms with van der Waals surface area (Å²) >= 11 is 0. The summed E-state index contributed by atoms with van der Waals surface area (Å²) in [5, 5.41) is 47.8. The topological polar surface area (TPSA) is 101 Å². The Bertz CT molecular complexity index is 236. The minimum Gasteiger partial charge on any atom is -0.390 e. The molecule has 2 saturated carbocycles. The van der Waals surface area contributed by atoms with E-state index in [1.54, 1.807) is 0 Å². The van der Waals surface area contributed by atoms with Gasteiger partial charge in [0.2, 0.25) is 0 Å². The zero-order valence-corrected chi connectivity index (χ0v) is 8.75. The summed E-state index contributed by atoms with van der Waals surface area (Å²) in [6.07, 6.45) is -6.38. The molecule has 0 aromatic heterocycles. The number of halogens is 1. The van der Waals surface area contributed by atoms with E-state index in [1.807, 2.05) is 0 Å². The average molecular weight is 236 g/mol. The normalized spacial score (nSPS) is 58.1. The molecule has 4 atom stereocenters. The first-order chi connectivity index (χ1) is 7.27. The van der Waals surface area contributed by atoms with Gasteiger partial charge in [-0.1, -0.05) is 0 Å². The van der Waals surface area contributed by atoms with Gasteiger partial charge in [0.05, 0.1) is 24.4 Å². The number of rotatable bonds is 0. The molecule has 0 amide bonds. The van der Waals surface area contributed by atoms with E-state index < -0.39 is 48.5 Å². The second-order valence-electron chi connectivity index (χ2n) is 5.08. The van der Waals surface area contributed by atoms with E-state index in [4.69, 9.17) is 0 Å². The lowest BCUT2D eigenvalue weighted by molar-refractivity contribution is -0.239. The summed E-state index contributed by atoms with van der Waals surface area (Å²) in [6.45, 7) is 0. The molecule has 6 heteroatoms. The van der Waals surface area contributed by atoms with Gasteiger partial charge >= 0.3 is 0 Å². The van der Waals surface area contributed by atoms with Crippen molar-refractivity contribution in [2.24, 2.45) is 0 Å². The Hall–Kier alpha value is -0.270. The summed E-state index contributed by atoms with van der Waals surface area (Å²) in [4.78, 5) is 0. The quantitative estimate of drug-likeness (QED) is 0.351. The Balaban J connectivity index is 2.27. The number of aliphatic hydroxyl groups excluding tert-OH is 4. The van der Waals surface area contributed by atoms with E-state index in [-0.39, 0.29) is 12.8 Å². The van der Waals surface area contributed by atoms with Gasteiger partial charge in [-0.3, -0.25) is 0 Å². The van der Waals surface area contributed by atoms with E-state index in [9.17, 15) is 29.9 Å². The van der Waals surface area contributed by atoms with E-state index in [1.165, 1.54) is 0 Å². The van der Waals surface area contributed by atoms with Crippen LogP contribution in [0.2, 0.25) is 0 Å². The molecule has 2 rings (SSSR count). The molecule has 0 saturated heterocycles. The van der Waals surface area contributed by atoms with Gasteiger partial charge in [-0.15, -0.1) is 0 Å². The fourth-order valence-electron chi connectivity index (χ4n) is 2.81. The summed E-state index contributed by atoms with van der Waals surface area (Å²) < 4.78 is 14.5. The Morgan fingerprint density at radius 1 is 0.750 bits per heavy atom. The van der Waals surface area contributed by atoms with Crippen molar-refractivity contribution in [3.63, 3.8) is 0 Å². The maximum atomic E-state index is 14.5. The van der Waals surface area contributed by atoms with Gasteiger partial charge in [-0.25, -0.2) is 4.39 Å². The number of hydrogen-bond donors (Lipinski definition) is 5. The minimum atomic E-state index is -2.15. The van der Waals surface area contributed by atoms with Gasteiger partial charge < -0.3 is 25.5 Å².